The van der Waals surface area contributed by atoms with Crippen molar-refractivity contribution in [3.8, 4) is 0 Å². The molecular weight excluding hydrogens is 252 g/mol. The Labute approximate surface area is 108 Å². The molecule has 1 rings (SSSR count). The van der Waals surface area contributed by atoms with Gasteiger partial charge in [0, 0.05) is 13.1 Å². The second-order valence-electron chi connectivity index (χ2n) is 4.19. The highest BCUT2D eigenvalue weighted by molar-refractivity contribution is 7.89. The van der Waals surface area contributed by atoms with Crippen LogP contribution in [-0.4, -0.2) is 47.6 Å². The number of nitrogens with zero attached hydrogens (tertiary/aromatic N) is 1. The zero-order valence-corrected chi connectivity index (χ0v) is 11.7. The molecule has 1 aromatic rings. The van der Waals surface area contributed by atoms with Crippen molar-refractivity contribution in [2.24, 2.45) is 0 Å². The molecule has 0 bridgehead atoms. The van der Waals surface area contributed by atoms with Crippen LogP contribution in [0.5, 0.6) is 0 Å². The molecule has 0 heterocycles. The van der Waals surface area contributed by atoms with Gasteiger partial charge in [-0.1, -0.05) is 0 Å². The first-order valence-corrected chi connectivity index (χ1v) is 7.07. The minimum Gasteiger partial charge on any atom is -0.397 e. The Morgan fingerprint density at radius 2 is 2.00 bits per heavy atom. The van der Waals surface area contributed by atoms with E-state index < -0.39 is 10.0 Å². The molecule has 1 aromatic carbocycles. The molecule has 0 aliphatic carbocycles. The minimum absolute atomic E-state index is 0.201. The Bertz CT molecular complexity index is 500. The molecule has 0 fully saturated rings. The lowest BCUT2D eigenvalue weighted by molar-refractivity contribution is 0.425. The third-order valence-corrected chi connectivity index (χ3v) is 3.89. The quantitative estimate of drug-likeness (QED) is 0.642. The second-order valence-corrected chi connectivity index (χ2v) is 6.07. The van der Waals surface area contributed by atoms with Crippen LogP contribution in [0.4, 0.5) is 11.4 Å². The largest absolute Gasteiger partial charge is 0.397 e. The first-order valence-electron chi connectivity index (χ1n) is 5.58. The highest BCUT2D eigenvalue weighted by Crippen LogP contribution is 2.22. The summed E-state index contributed by atoms with van der Waals surface area (Å²) in [6, 6.07) is 4.61. The standard InChI is InChI=1S/C11H20N4O2S/c1-13-18(16,17)9-4-5-10(12)11(8-9)14-6-7-15(2)3/h4-5,8,13-14H,6-7,12H2,1-3H3. The van der Waals surface area contributed by atoms with Crippen molar-refractivity contribution < 1.29 is 8.42 Å². The Morgan fingerprint density at radius 3 is 2.56 bits per heavy atom. The van der Waals surface area contributed by atoms with Crippen LogP contribution >= 0.6 is 0 Å². The second kappa shape index (κ2) is 6.03. The van der Waals surface area contributed by atoms with Crippen molar-refractivity contribution in [2.75, 3.05) is 45.3 Å². The summed E-state index contributed by atoms with van der Waals surface area (Å²) < 4.78 is 25.6. The topological polar surface area (TPSA) is 87.5 Å². The van der Waals surface area contributed by atoms with E-state index in [0.717, 1.165) is 6.54 Å². The van der Waals surface area contributed by atoms with Crippen molar-refractivity contribution in [1.29, 1.82) is 0 Å². The number of anilines is 2. The first kappa shape index (κ1) is 14.7. The fourth-order valence-corrected chi connectivity index (χ4v) is 2.14. The van der Waals surface area contributed by atoms with E-state index in [4.69, 9.17) is 5.73 Å². The normalized spacial score (nSPS) is 11.8. The predicted octanol–water partition coefficient (Wildman–Crippen LogP) is 0.150. The fraction of sp³-hybridized carbons (Fsp3) is 0.455. The predicted molar refractivity (Wildman–Crippen MR) is 74.1 cm³/mol. The number of hydrogen-bond acceptors (Lipinski definition) is 5. The Kier molecular flexibility index (Phi) is 4.94. The number of nitrogen functional groups attached to an aromatic ring is 1. The smallest absolute Gasteiger partial charge is 0.240 e. The molecule has 0 unspecified atom stereocenters. The van der Waals surface area contributed by atoms with E-state index in [0.29, 0.717) is 17.9 Å². The van der Waals surface area contributed by atoms with Gasteiger partial charge in [0.2, 0.25) is 10.0 Å². The number of likely N-dealkylation sites (N-methyl/N-ethyl adjacent to an activating group) is 1. The maximum absolute atomic E-state index is 11.7. The molecule has 0 aliphatic rings. The van der Waals surface area contributed by atoms with Gasteiger partial charge in [0.05, 0.1) is 16.3 Å². The average Bonchev–Trinajstić information content (AvgIpc) is 2.31. The molecule has 102 valence electrons. The molecule has 0 spiro atoms. The van der Waals surface area contributed by atoms with Crippen LogP contribution in [0.3, 0.4) is 0 Å². The maximum Gasteiger partial charge on any atom is 0.240 e. The third-order valence-electron chi connectivity index (χ3n) is 2.48. The molecule has 0 amide bonds. The Morgan fingerprint density at radius 1 is 1.33 bits per heavy atom. The monoisotopic (exact) mass is 272 g/mol. The van der Waals surface area contributed by atoms with Gasteiger partial charge in [-0.25, -0.2) is 13.1 Å². The fourth-order valence-electron chi connectivity index (χ4n) is 1.39. The number of nitrogens with two attached hydrogens (primary N) is 1. The number of benzene rings is 1. The molecule has 18 heavy (non-hydrogen) atoms. The summed E-state index contributed by atoms with van der Waals surface area (Å²) in [5.41, 5.74) is 6.96. The lowest BCUT2D eigenvalue weighted by Gasteiger charge is -2.14. The molecule has 0 radical (unpaired) electrons. The zero-order valence-electron chi connectivity index (χ0n) is 10.9. The van der Waals surface area contributed by atoms with Crippen LogP contribution in [0, 0.1) is 0 Å². The summed E-state index contributed by atoms with van der Waals surface area (Å²) in [6.07, 6.45) is 0. The van der Waals surface area contributed by atoms with Gasteiger partial charge in [0.15, 0.2) is 0 Å². The van der Waals surface area contributed by atoms with Crippen molar-refractivity contribution in [2.45, 2.75) is 4.90 Å². The van der Waals surface area contributed by atoms with E-state index >= 15 is 0 Å². The Balaban J connectivity index is 2.88. The van der Waals surface area contributed by atoms with Gasteiger partial charge in [0.25, 0.3) is 0 Å². The molecule has 0 saturated heterocycles. The van der Waals surface area contributed by atoms with E-state index in [1.807, 2.05) is 19.0 Å². The summed E-state index contributed by atoms with van der Waals surface area (Å²) in [5.74, 6) is 0. The lowest BCUT2D eigenvalue weighted by Crippen LogP contribution is -2.22. The van der Waals surface area contributed by atoms with Gasteiger partial charge in [-0.3, -0.25) is 0 Å². The number of rotatable bonds is 6. The lowest BCUT2D eigenvalue weighted by atomic mass is 10.2. The van der Waals surface area contributed by atoms with E-state index in [1.54, 1.807) is 6.07 Å². The van der Waals surface area contributed by atoms with E-state index in [2.05, 4.69) is 10.0 Å². The summed E-state index contributed by atoms with van der Waals surface area (Å²) >= 11 is 0. The summed E-state index contributed by atoms with van der Waals surface area (Å²) in [7, 11) is 1.88. The van der Waals surface area contributed by atoms with E-state index in [1.165, 1.54) is 19.2 Å². The molecule has 7 heteroatoms. The van der Waals surface area contributed by atoms with Gasteiger partial charge < -0.3 is 16.0 Å². The van der Waals surface area contributed by atoms with Crippen LogP contribution < -0.4 is 15.8 Å². The highest BCUT2D eigenvalue weighted by Gasteiger charge is 2.12. The molecular formula is C11H20N4O2S. The third kappa shape index (κ3) is 3.86. The Hall–Kier alpha value is -1.31. The van der Waals surface area contributed by atoms with Crippen LogP contribution in [0.2, 0.25) is 0 Å². The summed E-state index contributed by atoms with van der Waals surface area (Å²) in [5, 5.41) is 3.12. The number of sulfonamides is 1. The molecule has 0 saturated carbocycles. The highest BCUT2D eigenvalue weighted by atomic mass is 32.2. The van der Waals surface area contributed by atoms with Gasteiger partial charge in [-0.15, -0.1) is 0 Å². The SMILES string of the molecule is CNS(=O)(=O)c1ccc(N)c(NCCN(C)C)c1. The van der Waals surface area contributed by atoms with Crippen LogP contribution in [-0.2, 0) is 10.0 Å². The maximum atomic E-state index is 11.7. The van der Waals surface area contributed by atoms with Crippen molar-refractivity contribution in [3.63, 3.8) is 0 Å². The van der Waals surface area contributed by atoms with E-state index in [-0.39, 0.29) is 4.90 Å². The van der Waals surface area contributed by atoms with Gasteiger partial charge in [-0.05, 0) is 39.3 Å². The molecule has 6 nitrogen and oxygen atoms in total. The van der Waals surface area contributed by atoms with Gasteiger partial charge in [0.1, 0.15) is 0 Å². The molecule has 4 N–H and O–H groups in total. The van der Waals surface area contributed by atoms with Gasteiger partial charge in [-0.2, -0.15) is 0 Å². The van der Waals surface area contributed by atoms with Crippen molar-refractivity contribution >= 4 is 21.4 Å². The number of nitrogens with one attached hydrogen (secondary N) is 2. The van der Waals surface area contributed by atoms with Crippen molar-refractivity contribution in [3.05, 3.63) is 18.2 Å². The van der Waals surface area contributed by atoms with Crippen LogP contribution in [0.25, 0.3) is 0 Å². The van der Waals surface area contributed by atoms with Crippen LogP contribution in [0.15, 0.2) is 23.1 Å². The first-order chi connectivity index (χ1) is 8.36. The van der Waals surface area contributed by atoms with E-state index in [9.17, 15) is 8.42 Å². The summed E-state index contributed by atoms with van der Waals surface area (Å²) in [4.78, 5) is 2.23. The zero-order chi connectivity index (χ0) is 13.8. The average molecular weight is 272 g/mol. The molecule has 0 aliphatic heterocycles. The molecule has 0 atom stereocenters. The van der Waals surface area contributed by atoms with Gasteiger partial charge >= 0.3 is 0 Å². The summed E-state index contributed by atoms with van der Waals surface area (Å²) in [6.45, 7) is 1.53. The minimum atomic E-state index is -3.43. The molecule has 0 aromatic heterocycles. The number of hydrogen-bond donors (Lipinski definition) is 3. The van der Waals surface area contributed by atoms with Crippen LogP contribution in [0.1, 0.15) is 0 Å². The van der Waals surface area contributed by atoms with Crippen molar-refractivity contribution in [1.82, 2.24) is 9.62 Å².